The van der Waals surface area contributed by atoms with E-state index in [1.165, 1.54) is 0 Å². The summed E-state index contributed by atoms with van der Waals surface area (Å²) in [5.74, 6) is 0.0819. The number of carbonyl (C=O) groups is 1. The zero-order valence-corrected chi connectivity index (χ0v) is 10.6. The molecule has 0 aromatic rings. The van der Waals surface area contributed by atoms with E-state index in [1.54, 1.807) is 4.90 Å². The van der Waals surface area contributed by atoms with Crippen LogP contribution in [0.1, 0.15) is 32.6 Å². The number of carbonyl (C=O) groups excluding carboxylic acids is 1. The van der Waals surface area contributed by atoms with Crippen LogP contribution >= 0.6 is 12.2 Å². The molecule has 2 N–H and O–H groups in total. The summed E-state index contributed by atoms with van der Waals surface area (Å²) in [6.45, 7) is 3.94. The van der Waals surface area contributed by atoms with Gasteiger partial charge in [0.05, 0.1) is 4.99 Å². The Kier molecular flexibility index (Phi) is 5.69. The van der Waals surface area contributed by atoms with Gasteiger partial charge in [0.15, 0.2) is 0 Å². The lowest BCUT2D eigenvalue weighted by molar-refractivity contribution is -0.146. The number of hydrogen-bond acceptors (Lipinski definition) is 3. The fourth-order valence-corrected chi connectivity index (χ4v) is 1.90. The van der Waals surface area contributed by atoms with Crippen LogP contribution in [-0.2, 0) is 9.53 Å². The van der Waals surface area contributed by atoms with Crippen molar-refractivity contribution in [1.82, 2.24) is 4.90 Å². The van der Waals surface area contributed by atoms with Crippen molar-refractivity contribution in [2.24, 2.45) is 5.73 Å². The van der Waals surface area contributed by atoms with E-state index in [9.17, 15) is 4.79 Å². The SMILES string of the molecule is CCN(CCC(N)=S)C(=O)C1CCCCO1. The number of hydrogen-bond donors (Lipinski definition) is 1. The summed E-state index contributed by atoms with van der Waals surface area (Å²) in [7, 11) is 0. The minimum atomic E-state index is -0.250. The molecule has 1 aliphatic rings. The zero-order valence-electron chi connectivity index (χ0n) is 9.78. The lowest BCUT2D eigenvalue weighted by Gasteiger charge is -2.28. The summed E-state index contributed by atoms with van der Waals surface area (Å²) in [6, 6.07) is 0. The molecule has 1 aliphatic heterocycles. The topological polar surface area (TPSA) is 55.6 Å². The summed E-state index contributed by atoms with van der Waals surface area (Å²) in [4.78, 5) is 14.3. The van der Waals surface area contributed by atoms with Gasteiger partial charge in [-0.05, 0) is 26.2 Å². The summed E-state index contributed by atoms with van der Waals surface area (Å²) in [5.41, 5.74) is 5.44. The Morgan fingerprint density at radius 2 is 2.31 bits per heavy atom. The lowest BCUT2D eigenvalue weighted by Crippen LogP contribution is -2.42. The molecule has 0 aromatic heterocycles. The highest BCUT2D eigenvalue weighted by Gasteiger charge is 2.25. The molecule has 0 aliphatic carbocycles. The van der Waals surface area contributed by atoms with Crippen LogP contribution in [0.2, 0.25) is 0 Å². The molecule has 16 heavy (non-hydrogen) atoms. The first-order valence-corrected chi connectivity index (χ1v) is 6.24. The van der Waals surface area contributed by atoms with E-state index < -0.39 is 0 Å². The molecule has 1 unspecified atom stereocenters. The quantitative estimate of drug-likeness (QED) is 0.735. The summed E-state index contributed by atoms with van der Waals surface area (Å²) >= 11 is 4.81. The third-order valence-corrected chi connectivity index (χ3v) is 2.98. The van der Waals surface area contributed by atoms with E-state index in [2.05, 4.69) is 0 Å². The Hall–Kier alpha value is -0.680. The van der Waals surface area contributed by atoms with Gasteiger partial charge in [0.1, 0.15) is 6.10 Å². The first-order valence-electron chi connectivity index (χ1n) is 5.83. The third-order valence-electron chi connectivity index (χ3n) is 2.78. The standard InChI is InChI=1S/C11H20N2O2S/c1-2-13(7-6-10(12)16)11(14)9-5-3-4-8-15-9/h9H,2-8H2,1H3,(H2,12,16). The molecule has 0 saturated carbocycles. The van der Waals surface area contributed by atoms with E-state index >= 15 is 0 Å². The molecule has 1 saturated heterocycles. The van der Waals surface area contributed by atoms with Gasteiger partial charge in [0.25, 0.3) is 5.91 Å². The van der Waals surface area contributed by atoms with Crippen LogP contribution in [0.5, 0.6) is 0 Å². The maximum atomic E-state index is 12.1. The molecular weight excluding hydrogens is 224 g/mol. The number of likely N-dealkylation sites (N-methyl/N-ethyl adjacent to an activating group) is 1. The maximum absolute atomic E-state index is 12.1. The van der Waals surface area contributed by atoms with Crippen molar-refractivity contribution in [1.29, 1.82) is 0 Å². The molecule has 4 nitrogen and oxygen atoms in total. The van der Waals surface area contributed by atoms with Crippen molar-refractivity contribution in [2.75, 3.05) is 19.7 Å². The predicted octanol–water partition coefficient (Wildman–Crippen LogP) is 1.08. The van der Waals surface area contributed by atoms with Gasteiger partial charge >= 0.3 is 0 Å². The van der Waals surface area contributed by atoms with Gasteiger partial charge < -0.3 is 15.4 Å². The van der Waals surface area contributed by atoms with E-state index in [4.69, 9.17) is 22.7 Å². The maximum Gasteiger partial charge on any atom is 0.251 e. The van der Waals surface area contributed by atoms with Crippen LogP contribution in [0, 0.1) is 0 Å². The molecule has 1 fully saturated rings. The molecule has 0 bridgehead atoms. The number of nitrogens with zero attached hydrogens (tertiary/aromatic N) is 1. The predicted molar refractivity (Wildman–Crippen MR) is 67.2 cm³/mol. The van der Waals surface area contributed by atoms with Gasteiger partial charge in [-0.2, -0.15) is 0 Å². The molecule has 5 heteroatoms. The van der Waals surface area contributed by atoms with Gasteiger partial charge in [-0.3, -0.25) is 4.79 Å². The van der Waals surface area contributed by atoms with Gasteiger partial charge in [-0.15, -0.1) is 0 Å². The average Bonchev–Trinajstić information content (AvgIpc) is 2.30. The highest BCUT2D eigenvalue weighted by atomic mass is 32.1. The number of amides is 1. The molecule has 1 heterocycles. The lowest BCUT2D eigenvalue weighted by atomic mass is 10.1. The van der Waals surface area contributed by atoms with Crippen molar-refractivity contribution in [3.05, 3.63) is 0 Å². The molecule has 0 aromatic carbocycles. The molecule has 0 spiro atoms. The van der Waals surface area contributed by atoms with Crippen molar-refractivity contribution < 1.29 is 9.53 Å². The third kappa shape index (κ3) is 4.06. The Morgan fingerprint density at radius 3 is 2.81 bits per heavy atom. The first kappa shape index (κ1) is 13.4. The average molecular weight is 244 g/mol. The van der Waals surface area contributed by atoms with E-state index in [-0.39, 0.29) is 12.0 Å². The second-order valence-corrected chi connectivity index (χ2v) is 4.51. The zero-order chi connectivity index (χ0) is 12.0. The van der Waals surface area contributed by atoms with Gasteiger partial charge in [0.2, 0.25) is 0 Å². The van der Waals surface area contributed by atoms with Gasteiger partial charge in [-0.1, -0.05) is 12.2 Å². The monoisotopic (exact) mass is 244 g/mol. The molecule has 0 radical (unpaired) electrons. The molecular formula is C11H20N2O2S. The fourth-order valence-electron chi connectivity index (χ4n) is 1.81. The van der Waals surface area contributed by atoms with E-state index in [0.717, 1.165) is 19.3 Å². The van der Waals surface area contributed by atoms with Crippen LogP contribution in [0.3, 0.4) is 0 Å². The Labute approximate surface area is 102 Å². The second-order valence-electron chi connectivity index (χ2n) is 3.99. The Morgan fingerprint density at radius 1 is 1.56 bits per heavy atom. The van der Waals surface area contributed by atoms with Crippen molar-refractivity contribution in [2.45, 2.75) is 38.7 Å². The number of thiocarbonyl (C=S) groups is 1. The number of ether oxygens (including phenoxy) is 1. The smallest absolute Gasteiger partial charge is 0.251 e. The molecule has 1 amide bonds. The summed E-state index contributed by atoms with van der Waals surface area (Å²) < 4.78 is 5.47. The number of rotatable bonds is 5. The van der Waals surface area contributed by atoms with Crippen LogP contribution in [0.15, 0.2) is 0 Å². The van der Waals surface area contributed by atoms with E-state index in [1.807, 2.05) is 6.92 Å². The van der Waals surface area contributed by atoms with Crippen molar-refractivity contribution in [3.8, 4) is 0 Å². The van der Waals surface area contributed by atoms with Crippen molar-refractivity contribution in [3.63, 3.8) is 0 Å². The fraction of sp³-hybridized carbons (Fsp3) is 0.818. The van der Waals surface area contributed by atoms with Gasteiger partial charge in [-0.25, -0.2) is 0 Å². The molecule has 1 rings (SSSR count). The largest absolute Gasteiger partial charge is 0.393 e. The Balaban J connectivity index is 2.44. The normalized spacial score (nSPS) is 20.4. The number of nitrogens with two attached hydrogens (primary N) is 1. The first-order chi connectivity index (χ1) is 7.65. The molecule has 1 atom stereocenters. The van der Waals surface area contributed by atoms with Crippen LogP contribution in [-0.4, -0.2) is 41.6 Å². The van der Waals surface area contributed by atoms with Crippen molar-refractivity contribution >= 4 is 23.1 Å². The minimum Gasteiger partial charge on any atom is -0.393 e. The minimum absolute atomic E-state index is 0.0819. The van der Waals surface area contributed by atoms with Crippen LogP contribution < -0.4 is 5.73 Å². The second kappa shape index (κ2) is 6.81. The molecule has 92 valence electrons. The van der Waals surface area contributed by atoms with E-state index in [0.29, 0.717) is 31.1 Å². The summed E-state index contributed by atoms with van der Waals surface area (Å²) in [5, 5.41) is 0. The van der Waals surface area contributed by atoms with Crippen LogP contribution in [0.25, 0.3) is 0 Å². The van der Waals surface area contributed by atoms with Crippen LogP contribution in [0.4, 0.5) is 0 Å². The Bertz CT molecular complexity index is 252. The van der Waals surface area contributed by atoms with Gasteiger partial charge in [0, 0.05) is 26.1 Å². The summed E-state index contributed by atoms with van der Waals surface area (Å²) in [6.07, 6.45) is 3.30. The highest BCUT2D eigenvalue weighted by molar-refractivity contribution is 7.80. The highest BCUT2D eigenvalue weighted by Crippen LogP contribution is 2.15.